The van der Waals surface area contributed by atoms with Crippen LogP contribution in [0.4, 0.5) is 0 Å². The van der Waals surface area contributed by atoms with E-state index in [9.17, 15) is 4.79 Å². The van der Waals surface area contributed by atoms with Crippen molar-refractivity contribution in [2.45, 2.75) is 6.54 Å². The number of carbonyl (C=O) groups excluding carboxylic acids is 1. The van der Waals surface area contributed by atoms with Gasteiger partial charge in [-0.05, 0) is 0 Å². The molecule has 4 nitrogen and oxygen atoms in total. The van der Waals surface area contributed by atoms with E-state index < -0.39 is 0 Å². The minimum absolute atomic E-state index is 0.598. The van der Waals surface area contributed by atoms with Crippen LogP contribution in [0.2, 0.25) is 0 Å². The number of hydrogen-bond acceptors (Lipinski definition) is 3. The van der Waals surface area contributed by atoms with Gasteiger partial charge in [0.2, 0.25) is 0 Å². The normalized spacial score (nSPS) is 9.91. The fourth-order valence-electron chi connectivity index (χ4n) is 0.748. The van der Waals surface area contributed by atoms with Gasteiger partial charge in [0.05, 0.1) is 24.9 Å². The minimum Gasteiger partial charge on any atom is -0.383 e. The van der Waals surface area contributed by atoms with Crippen molar-refractivity contribution >= 4 is 6.29 Å². The molecule has 0 spiro atoms. The standard InChI is InChI=1S/C7H10N2O2/c1-11-3-2-9-5-7(6-10)4-8-9/h4-6H,2-3H2,1H3. The van der Waals surface area contributed by atoms with Gasteiger partial charge in [0.15, 0.2) is 6.29 Å². The molecule has 60 valence electrons. The van der Waals surface area contributed by atoms with Gasteiger partial charge in [0, 0.05) is 13.3 Å². The van der Waals surface area contributed by atoms with Gasteiger partial charge in [0.1, 0.15) is 0 Å². The van der Waals surface area contributed by atoms with Crippen LogP contribution in [0.5, 0.6) is 0 Å². The predicted molar refractivity (Wildman–Crippen MR) is 39.5 cm³/mol. The molecule has 4 heteroatoms. The van der Waals surface area contributed by atoms with Gasteiger partial charge in [-0.3, -0.25) is 9.48 Å². The first-order valence-electron chi connectivity index (χ1n) is 3.33. The molecule has 0 atom stereocenters. The van der Waals surface area contributed by atoms with Crippen molar-refractivity contribution in [3.05, 3.63) is 18.0 Å². The number of aromatic nitrogens is 2. The van der Waals surface area contributed by atoms with E-state index in [4.69, 9.17) is 4.74 Å². The Hall–Kier alpha value is -1.16. The third-order valence-electron chi connectivity index (χ3n) is 1.31. The predicted octanol–water partition coefficient (Wildman–Crippen LogP) is 0.342. The highest BCUT2D eigenvalue weighted by Gasteiger charge is 1.94. The molecule has 0 aliphatic heterocycles. The maximum atomic E-state index is 10.2. The second-order valence-electron chi connectivity index (χ2n) is 2.15. The van der Waals surface area contributed by atoms with E-state index in [0.29, 0.717) is 18.7 Å². The Morgan fingerprint density at radius 1 is 1.82 bits per heavy atom. The molecular formula is C7H10N2O2. The lowest BCUT2D eigenvalue weighted by atomic mass is 10.4. The molecular weight excluding hydrogens is 144 g/mol. The van der Waals surface area contributed by atoms with Gasteiger partial charge < -0.3 is 4.74 Å². The molecule has 0 bridgehead atoms. The highest BCUT2D eigenvalue weighted by Crippen LogP contribution is 1.92. The summed E-state index contributed by atoms with van der Waals surface area (Å²) in [6, 6.07) is 0. The fourth-order valence-corrected chi connectivity index (χ4v) is 0.748. The molecule has 0 radical (unpaired) electrons. The van der Waals surface area contributed by atoms with Crippen LogP contribution in [0, 0.1) is 0 Å². The number of nitrogens with zero attached hydrogens (tertiary/aromatic N) is 2. The Balaban J connectivity index is 2.51. The van der Waals surface area contributed by atoms with Crippen LogP contribution in [-0.2, 0) is 11.3 Å². The Bertz CT molecular complexity index is 232. The number of hydrogen-bond donors (Lipinski definition) is 0. The van der Waals surface area contributed by atoms with Crippen LogP contribution < -0.4 is 0 Å². The highest BCUT2D eigenvalue weighted by molar-refractivity contribution is 5.73. The number of carbonyl (C=O) groups is 1. The maximum absolute atomic E-state index is 10.2. The van der Waals surface area contributed by atoms with Crippen molar-refractivity contribution in [3.8, 4) is 0 Å². The largest absolute Gasteiger partial charge is 0.383 e. The summed E-state index contributed by atoms with van der Waals surface area (Å²) in [5, 5.41) is 3.93. The topological polar surface area (TPSA) is 44.1 Å². The summed E-state index contributed by atoms with van der Waals surface area (Å²) in [5.41, 5.74) is 0.598. The average Bonchev–Trinajstić information content (AvgIpc) is 2.48. The molecule has 0 saturated carbocycles. The van der Waals surface area contributed by atoms with Crippen molar-refractivity contribution in [1.29, 1.82) is 0 Å². The van der Waals surface area contributed by atoms with E-state index in [-0.39, 0.29) is 0 Å². The first-order chi connectivity index (χ1) is 5.36. The first-order valence-corrected chi connectivity index (χ1v) is 3.33. The van der Waals surface area contributed by atoms with Gasteiger partial charge in [-0.2, -0.15) is 5.10 Å². The number of methoxy groups -OCH3 is 1. The van der Waals surface area contributed by atoms with Crippen LogP contribution in [0.15, 0.2) is 12.4 Å². The number of ether oxygens (including phenoxy) is 1. The summed E-state index contributed by atoms with van der Waals surface area (Å²) in [6.45, 7) is 1.30. The number of aldehydes is 1. The zero-order valence-corrected chi connectivity index (χ0v) is 6.36. The molecule has 1 aromatic heterocycles. The Morgan fingerprint density at radius 3 is 3.18 bits per heavy atom. The van der Waals surface area contributed by atoms with Crippen LogP contribution >= 0.6 is 0 Å². The molecule has 1 heterocycles. The van der Waals surface area contributed by atoms with Crippen LogP contribution in [-0.4, -0.2) is 29.8 Å². The minimum atomic E-state index is 0.598. The Morgan fingerprint density at radius 2 is 2.64 bits per heavy atom. The van der Waals surface area contributed by atoms with Gasteiger partial charge in [-0.1, -0.05) is 0 Å². The monoisotopic (exact) mass is 154 g/mol. The Kier molecular flexibility index (Phi) is 2.80. The molecule has 0 aliphatic rings. The van der Waals surface area contributed by atoms with E-state index in [1.807, 2.05) is 0 Å². The van der Waals surface area contributed by atoms with Gasteiger partial charge >= 0.3 is 0 Å². The quantitative estimate of drug-likeness (QED) is 0.587. The van der Waals surface area contributed by atoms with Crippen LogP contribution in [0.3, 0.4) is 0 Å². The van der Waals surface area contributed by atoms with Gasteiger partial charge in [0.25, 0.3) is 0 Å². The fraction of sp³-hybridized carbons (Fsp3) is 0.429. The lowest BCUT2D eigenvalue weighted by molar-refractivity contribution is 0.112. The molecule has 0 amide bonds. The molecule has 0 fully saturated rings. The molecule has 1 rings (SSSR count). The first kappa shape index (κ1) is 7.94. The lowest BCUT2D eigenvalue weighted by Gasteiger charge is -1.97. The summed E-state index contributed by atoms with van der Waals surface area (Å²) < 4.78 is 6.51. The summed E-state index contributed by atoms with van der Waals surface area (Å²) in [6.07, 6.45) is 3.99. The molecule has 11 heavy (non-hydrogen) atoms. The maximum Gasteiger partial charge on any atom is 0.153 e. The van der Waals surface area contributed by atoms with E-state index in [1.165, 1.54) is 6.20 Å². The van der Waals surface area contributed by atoms with E-state index >= 15 is 0 Å². The van der Waals surface area contributed by atoms with Crippen molar-refractivity contribution in [2.24, 2.45) is 0 Å². The van der Waals surface area contributed by atoms with E-state index in [2.05, 4.69) is 5.10 Å². The summed E-state index contributed by atoms with van der Waals surface area (Å²) in [7, 11) is 1.63. The SMILES string of the molecule is COCCn1cc(C=O)cn1. The van der Waals surface area contributed by atoms with Crippen molar-refractivity contribution in [1.82, 2.24) is 9.78 Å². The Labute approximate surface area is 64.8 Å². The van der Waals surface area contributed by atoms with Crippen LogP contribution in [0.25, 0.3) is 0 Å². The third-order valence-corrected chi connectivity index (χ3v) is 1.31. The second-order valence-corrected chi connectivity index (χ2v) is 2.15. The zero-order valence-electron chi connectivity index (χ0n) is 6.36. The van der Waals surface area contributed by atoms with Crippen molar-refractivity contribution in [2.75, 3.05) is 13.7 Å². The average molecular weight is 154 g/mol. The third kappa shape index (κ3) is 2.16. The van der Waals surface area contributed by atoms with Gasteiger partial charge in [-0.25, -0.2) is 0 Å². The number of rotatable bonds is 4. The van der Waals surface area contributed by atoms with Crippen molar-refractivity contribution < 1.29 is 9.53 Å². The van der Waals surface area contributed by atoms with Crippen molar-refractivity contribution in [3.63, 3.8) is 0 Å². The summed E-state index contributed by atoms with van der Waals surface area (Å²) in [4.78, 5) is 10.2. The van der Waals surface area contributed by atoms with E-state index in [0.717, 1.165) is 6.29 Å². The summed E-state index contributed by atoms with van der Waals surface area (Å²) >= 11 is 0. The molecule has 1 aromatic rings. The lowest BCUT2D eigenvalue weighted by Crippen LogP contribution is -2.03. The molecule has 0 saturated heterocycles. The molecule has 0 aliphatic carbocycles. The second kappa shape index (κ2) is 3.88. The van der Waals surface area contributed by atoms with Crippen LogP contribution in [0.1, 0.15) is 10.4 Å². The zero-order chi connectivity index (χ0) is 8.10. The highest BCUT2D eigenvalue weighted by atomic mass is 16.5. The molecule has 0 unspecified atom stereocenters. The summed E-state index contributed by atoms with van der Waals surface area (Å²) in [5.74, 6) is 0. The molecule has 0 aromatic carbocycles. The smallest absolute Gasteiger partial charge is 0.153 e. The molecule has 0 N–H and O–H groups in total. The van der Waals surface area contributed by atoms with E-state index in [1.54, 1.807) is 18.0 Å². The van der Waals surface area contributed by atoms with Gasteiger partial charge in [-0.15, -0.1) is 0 Å².